The number of ether oxygens (including phenoxy) is 2. The lowest BCUT2D eigenvalue weighted by atomic mass is 9.99. The van der Waals surface area contributed by atoms with E-state index in [1.165, 1.54) is 7.11 Å². The molecule has 0 atom stereocenters. The van der Waals surface area contributed by atoms with Crippen LogP contribution in [0.3, 0.4) is 0 Å². The molecular weight excluding hydrogens is 340 g/mol. The second-order valence-corrected chi connectivity index (χ2v) is 6.12. The number of aromatic nitrogens is 2. The molecule has 0 unspecified atom stereocenters. The van der Waals surface area contributed by atoms with Gasteiger partial charge >= 0.3 is 5.97 Å². The first-order valence-corrected chi connectivity index (χ1v) is 8.58. The van der Waals surface area contributed by atoms with Gasteiger partial charge in [0.2, 0.25) is 0 Å². The third-order valence-corrected chi connectivity index (χ3v) is 4.39. The van der Waals surface area contributed by atoms with Crippen molar-refractivity contribution >= 4 is 16.9 Å². The Balaban J connectivity index is 1.74. The number of esters is 1. The van der Waals surface area contributed by atoms with Crippen LogP contribution in [0.1, 0.15) is 15.9 Å². The molecule has 0 aliphatic rings. The zero-order chi connectivity index (χ0) is 18.6. The van der Waals surface area contributed by atoms with Gasteiger partial charge in [0, 0.05) is 10.9 Å². The van der Waals surface area contributed by atoms with E-state index in [2.05, 4.69) is 10.2 Å². The van der Waals surface area contributed by atoms with Gasteiger partial charge in [-0.1, -0.05) is 48.5 Å². The fourth-order valence-corrected chi connectivity index (χ4v) is 3.05. The first-order valence-electron chi connectivity index (χ1n) is 8.58. The highest BCUT2D eigenvalue weighted by Crippen LogP contribution is 2.33. The molecule has 0 fully saturated rings. The predicted molar refractivity (Wildman–Crippen MR) is 104 cm³/mol. The van der Waals surface area contributed by atoms with Gasteiger partial charge < -0.3 is 9.47 Å². The van der Waals surface area contributed by atoms with Crippen molar-refractivity contribution in [2.75, 3.05) is 7.11 Å². The largest absolute Gasteiger partial charge is 0.488 e. The van der Waals surface area contributed by atoms with E-state index in [0.29, 0.717) is 17.7 Å². The number of methoxy groups -OCH3 is 1. The minimum Gasteiger partial charge on any atom is -0.488 e. The molecule has 1 heterocycles. The summed E-state index contributed by atoms with van der Waals surface area (Å²) in [6, 6.07) is 21.6. The molecule has 27 heavy (non-hydrogen) atoms. The second-order valence-electron chi connectivity index (χ2n) is 6.12. The summed E-state index contributed by atoms with van der Waals surface area (Å²) < 4.78 is 11.0. The number of hydrogen-bond donors (Lipinski definition) is 1. The number of carbonyl (C=O) groups excluding carboxylic acids is 1. The minimum atomic E-state index is -0.409. The molecule has 0 aliphatic carbocycles. The maximum atomic E-state index is 12.2. The van der Waals surface area contributed by atoms with Crippen LogP contribution >= 0.6 is 0 Å². The van der Waals surface area contributed by atoms with Crippen molar-refractivity contribution in [3.8, 4) is 16.9 Å². The zero-order valence-corrected chi connectivity index (χ0v) is 14.8. The minimum absolute atomic E-state index is 0.409. The average Bonchev–Trinajstić information content (AvgIpc) is 3.20. The van der Waals surface area contributed by atoms with Gasteiger partial charge in [0.15, 0.2) is 0 Å². The van der Waals surface area contributed by atoms with E-state index >= 15 is 0 Å². The van der Waals surface area contributed by atoms with Crippen molar-refractivity contribution < 1.29 is 14.3 Å². The summed E-state index contributed by atoms with van der Waals surface area (Å²) in [6.07, 6.45) is 1.69. The van der Waals surface area contributed by atoms with Crippen LogP contribution in [0.2, 0.25) is 0 Å². The lowest BCUT2D eigenvalue weighted by Crippen LogP contribution is -2.03. The summed E-state index contributed by atoms with van der Waals surface area (Å²) in [4.78, 5) is 12.2. The Bertz CT molecular complexity index is 1090. The van der Waals surface area contributed by atoms with Crippen LogP contribution < -0.4 is 4.74 Å². The molecule has 1 aromatic heterocycles. The molecule has 0 bridgehead atoms. The van der Waals surface area contributed by atoms with Crippen LogP contribution in [-0.2, 0) is 11.3 Å². The summed E-state index contributed by atoms with van der Waals surface area (Å²) >= 11 is 0. The number of nitrogens with zero attached hydrogens (tertiary/aromatic N) is 1. The lowest BCUT2D eigenvalue weighted by molar-refractivity contribution is 0.0603. The summed E-state index contributed by atoms with van der Waals surface area (Å²) in [5.74, 6) is 0.341. The van der Waals surface area contributed by atoms with Crippen molar-refractivity contribution in [1.29, 1.82) is 0 Å². The quantitative estimate of drug-likeness (QED) is 0.530. The van der Waals surface area contributed by atoms with Crippen molar-refractivity contribution in [1.82, 2.24) is 10.2 Å². The highest BCUT2D eigenvalue weighted by atomic mass is 16.5. The number of carbonyl (C=O) groups is 1. The van der Waals surface area contributed by atoms with Crippen LogP contribution in [0.5, 0.6) is 5.75 Å². The summed E-state index contributed by atoms with van der Waals surface area (Å²) in [5.41, 5.74) is 3.97. The van der Waals surface area contributed by atoms with E-state index in [4.69, 9.17) is 9.47 Å². The van der Waals surface area contributed by atoms with Gasteiger partial charge in [-0.3, -0.25) is 5.10 Å². The molecule has 0 saturated carbocycles. The number of para-hydroxylation sites is 1. The Kier molecular flexibility index (Phi) is 4.58. The van der Waals surface area contributed by atoms with E-state index in [9.17, 15) is 4.79 Å². The van der Waals surface area contributed by atoms with Crippen LogP contribution in [0, 0.1) is 0 Å². The highest BCUT2D eigenvalue weighted by Gasteiger charge is 2.16. The van der Waals surface area contributed by atoms with E-state index in [1.807, 2.05) is 60.7 Å². The summed E-state index contributed by atoms with van der Waals surface area (Å²) in [7, 11) is 1.37. The van der Waals surface area contributed by atoms with Crippen LogP contribution in [-0.4, -0.2) is 23.3 Å². The highest BCUT2D eigenvalue weighted by molar-refractivity contribution is 6.04. The molecule has 0 spiro atoms. The van der Waals surface area contributed by atoms with E-state index in [-0.39, 0.29) is 0 Å². The van der Waals surface area contributed by atoms with Gasteiger partial charge in [-0.25, -0.2) is 4.79 Å². The van der Waals surface area contributed by atoms with Crippen LogP contribution in [0.15, 0.2) is 72.9 Å². The molecular formula is C22H18N2O3. The molecule has 5 heteroatoms. The Hall–Kier alpha value is -3.60. The van der Waals surface area contributed by atoms with Crippen molar-refractivity contribution in [2.24, 2.45) is 0 Å². The molecule has 4 rings (SSSR count). The van der Waals surface area contributed by atoms with E-state index in [1.54, 1.807) is 12.3 Å². The molecule has 134 valence electrons. The number of H-pyrrole nitrogens is 1. The predicted octanol–water partition coefficient (Wildman–Crippen LogP) is 4.60. The smallest absolute Gasteiger partial charge is 0.340 e. The molecule has 1 N–H and O–H groups in total. The van der Waals surface area contributed by atoms with Crippen molar-refractivity contribution in [2.45, 2.75) is 6.61 Å². The van der Waals surface area contributed by atoms with Gasteiger partial charge in [0.05, 0.1) is 24.4 Å². The van der Waals surface area contributed by atoms with E-state index in [0.717, 1.165) is 27.8 Å². The Morgan fingerprint density at radius 2 is 1.81 bits per heavy atom. The summed E-state index contributed by atoms with van der Waals surface area (Å²) in [5, 5.41) is 7.75. The average molecular weight is 358 g/mol. The first kappa shape index (κ1) is 16.8. The van der Waals surface area contributed by atoms with E-state index < -0.39 is 5.97 Å². The fraction of sp³-hybridized carbons (Fsp3) is 0.0909. The van der Waals surface area contributed by atoms with Gasteiger partial charge in [-0.2, -0.15) is 5.10 Å². The molecule has 0 aliphatic heterocycles. The summed E-state index contributed by atoms with van der Waals surface area (Å²) in [6.45, 7) is 0.468. The number of benzene rings is 3. The zero-order valence-electron chi connectivity index (χ0n) is 14.8. The molecule has 0 amide bonds. The van der Waals surface area contributed by atoms with Gasteiger partial charge in [-0.15, -0.1) is 0 Å². The van der Waals surface area contributed by atoms with Crippen molar-refractivity contribution in [3.05, 3.63) is 84.1 Å². The fourth-order valence-electron chi connectivity index (χ4n) is 3.05. The van der Waals surface area contributed by atoms with Crippen LogP contribution in [0.4, 0.5) is 0 Å². The maximum absolute atomic E-state index is 12.2. The third kappa shape index (κ3) is 3.40. The molecule has 4 aromatic rings. The molecule has 5 nitrogen and oxygen atoms in total. The standard InChI is InChI=1S/C22H18N2O3/c1-26-22(25)19-12-16(11-17-13-23-24-21(17)19)18-9-5-6-10-20(18)27-14-15-7-3-2-4-8-15/h2-13H,14H2,1H3,(H,23,24). The Labute approximate surface area is 156 Å². The SMILES string of the molecule is COC(=O)c1cc(-c2ccccc2OCc2ccccc2)cc2cn[nH]c12. The number of nitrogens with one attached hydrogen (secondary N) is 1. The van der Waals surface area contributed by atoms with Gasteiger partial charge in [0.25, 0.3) is 0 Å². The number of fused-ring (bicyclic) bond motifs is 1. The Morgan fingerprint density at radius 1 is 1.04 bits per heavy atom. The molecule has 0 saturated heterocycles. The van der Waals surface area contributed by atoms with Crippen molar-refractivity contribution in [3.63, 3.8) is 0 Å². The first-order chi connectivity index (χ1) is 13.3. The Morgan fingerprint density at radius 3 is 2.63 bits per heavy atom. The second kappa shape index (κ2) is 7.33. The number of hydrogen-bond acceptors (Lipinski definition) is 4. The molecule has 3 aromatic carbocycles. The topological polar surface area (TPSA) is 64.2 Å². The number of rotatable bonds is 5. The third-order valence-electron chi connectivity index (χ3n) is 4.39. The normalized spacial score (nSPS) is 10.7. The van der Waals surface area contributed by atoms with Gasteiger partial charge in [-0.05, 0) is 29.3 Å². The lowest BCUT2D eigenvalue weighted by Gasteiger charge is -2.13. The maximum Gasteiger partial charge on any atom is 0.340 e. The number of aromatic amines is 1. The van der Waals surface area contributed by atoms with Crippen LogP contribution in [0.25, 0.3) is 22.0 Å². The molecule has 0 radical (unpaired) electrons. The monoisotopic (exact) mass is 358 g/mol. The van der Waals surface area contributed by atoms with Gasteiger partial charge in [0.1, 0.15) is 12.4 Å².